The highest BCUT2D eigenvalue weighted by atomic mass is 16.5. The van der Waals surface area contributed by atoms with E-state index in [9.17, 15) is 9.59 Å². The van der Waals surface area contributed by atoms with E-state index < -0.39 is 11.5 Å². The summed E-state index contributed by atoms with van der Waals surface area (Å²) in [7, 11) is 0. The number of amides is 2. The summed E-state index contributed by atoms with van der Waals surface area (Å²) in [6.45, 7) is 5.28. The number of hydrogen-bond donors (Lipinski definition) is 1. The molecule has 1 aromatic rings. The van der Waals surface area contributed by atoms with Crippen LogP contribution in [0, 0.1) is 0 Å². The Bertz CT molecular complexity index is 528. The van der Waals surface area contributed by atoms with E-state index in [4.69, 9.17) is 10.5 Å². The van der Waals surface area contributed by atoms with E-state index in [1.165, 1.54) is 0 Å². The van der Waals surface area contributed by atoms with Crippen molar-refractivity contribution in [3.63, 3.8) is 0 Å². The lowest BCUT2D eigenvalue weighted by Gasteiger charge is -2.38. The van der Waals surface area contributed by atoms with E-state index in [0.29, 0.717) is 26.1 Å². The van der Waals surface area contributed by atoms with E-state index in [1.54, 1.807) is 18.0 Å². The fraction of sp³-hybridized carbons (Fsp3) is 0.643. The molecule has 7 nitrogen and oxygen atoms in total. The molecule has 0 radical (unpaired) electrons. The molecule has 0 unspecified atom stereocenters. The van der Waals surface area contributed by atoms with Gasteiger partial charge >= 0.3 is 0 Å². The number of ether oxygens (including phenoxy) is 1. The summed E-state index contributed by atoms with van der Waals surface area (Å²) in [5, 5.41) is 0. The highest BCUT2D eigenvalue weighted by Crippen LogP contribution is 2.18. The first-order valence-corrected chi connectivity index (χ1v) is 7.18. The van der Waals surface area contributed by atoms with Crippen molar-refractivity contribution in [2.45, 2.75) is 38.8 Å². The van der Waals surface area contributed by atoms with Crippen LogP contribution in [0.3, 0.4) is 0 Å². The van der Waals surface area contributed by atoms with Crippen molar-refractivity contribution in [2.24, 2.45) is 5.73 Å². The molecule has 1 fully saturated rings. The number of morpholine rings is 1. The number of hydrogen-bond acceptors (Lipinski definition) is 4. The lowest BCUT2D eigenvalue weighted by Crippen LogP contribution is -2.58. The lowest BCUT2D eigenvalue weighted by molar-refractivity contribution is -0.160. The number of carbonyl (C=O) groups excluding carboxylic acids is 2. The van der Waals surface area contributed by atoms with Crippen LogP contribution < -0.4 is 5.73 Å². The number of aromatic nitrogens is 2. The molecule has 2 amide bonds. The molecule has 0 aliphatic carbocycles. The highest BCUT2D eigenvalue weighted by Gasteiger charge is 2.38. The Balaban J connectivity index is 1.93. The summed E-state index contributed by atoms with van der Waals surface area (Å²) in [5.74, 6) is 0.427. The van der Waals surface area contributed by atoms with Crippen LogP contribution in [0.2, 0.25) is 0 Å². The molecule has 0 saturated carbocycles. The van der Waals surface area contributed by atoms with Gasteiger partial charge in [-0.3, -0.25) is 9.59 Å². The van der Waals surface area contributed by atoms with Gasteiger partial charge in [-0.15, -0.1) is 0 Å². The van der Waals surface area contributed by atoms with Gasteiger partial charge in [0.15, 0.2) is 5.60 Å². The van der Waals surface area contributed by atoms with E-state index in [0.717, 1.165) is 12.2 Å². The molecule has 1 saturated heterocycles. The molecule has 0 bridgehead atoms. The van der Waals surface area contributed by atoms with Crippen LogP contribution >= 0.6 is 0 Å². The Hall–Kier alpha value is -1.89. The molecule has 1 aliphatic rings. The molecular weight excluding hydrogens is 272 g/mol. The van der Waals surface area contributed by atoms with Crippen molar-refractivity contribution in [1.29, 1.82) is 0 Å². The Labute approximate surface area is 124 Å². The topological polar surface area (TPSA) is 90.4 Å². The number of carbonyl (C=O) groups is 2. The third-order valence-corrected chi connectivity index (χ3v) is 3.83. The molecule has 7 heteroatoms. The minimum absolute atomic E-state index is 0.00141. The fourth-order valence-electron chi connectivity index (χ4n) is 2.46. The van der Waals surface area contributed by atoms with E-state index in [2.05, 4.69) is 4.98 Å². The second-order valence-electron chi connectivity index (χ2n) is 5.40. The van der Waals surface area contributed by atoms with Gasteiger partial charge in [0.1, 0.15) is 5.82 Å². The van der Waals surface area contributed by atoms with Gasteiger partial charge in [-0.05, 0) is 6.92 Å². The largest absolute Gasteiger partial charge is 0.367 e. The normalized spacial score (nSPS) is 22.3. The molecule has 2 heterocycles. The quantitative estimate of drug-likeness (QED) is 0.823. The van der Waals surface area contributed by atoms with Gasteiger partial charge in [0.25, 0.3) is 5.91 Å². The molecule has 2 N–H and O–H groups in total. The van der Waals surface area contributed by atoms with E-state index >= 15 is 0 Å². The molecule has 1 aromatic heterocycles. The Morgan fingerprint density at radius 2 is 2.29 bits per heavy atom. The maximum absolute atomic E-state index is 12.3. The highest BCUT2D eigenvalue weighted by molar-refractivity contribution is 5.85. The number of nitrogens with zero attached hydrogens (tertiary/aromatic N) is 3. The fourth-order valence-corrected chi connectivity index (χ4v) is 2.46. The van der Waals surface area contributed by atoms with Crippen molar-refractivity contribution in [3.05, 3.63) is 18.2 Å². The summed E-state index contributed by atoms with van der Waals surface area (Å²) >= 11 is 0. The van der Waals surface area contributed by atoms with Crippen LogP contribution in [0.5, 0.6) is 0 Å². The molecule has 2 rings (SSSR count). The molecule has 0 aromatic carbocycles. The zero-order valence-corrected chi connectivity index (χ0v) is 12.5. The lowest BCUT2D eigenvalue weighted by atomic mass is 10.0. The first kappa shape index (κ1) is 15.5. The van der Waals surface area contributed by atoms with Gasteiger partial charge in [-0.25, -0.2) is 4.98 Å². The van der Waals surface area contributed by atoms with Crippen LogP contribution in [0.15, 0.2) is 12.4 Å². The van der Waals surface area contributed by atoms with Gasteiger partial charge in [0.2, 0.25) is 5.91 Å². The Kier molecular flexibility index (Phi) is 4.62. The van der Waals surface area contributed by atoms with Crippen molar-refractivity contribution in [3.8, 4) is 0 Å². The Morgan fingerprint density at radius 1 is 1.52 bits per heavy atom. The third-order valence-electron chi connectivity index (χ3n) is 3.83. The predicted molar refractivity (Wildman–Crippen MR) is 76.4 cm³/mol. The summed E-state index contributed by atoms with van der Waals surface area (Å²) in [4.78, 5) is 29.6. The average Bonchev–Trinajstić information content (AvgIpc) is 2.92. The van der Waals surface area contributed by atoms with Crippen LogP contribution in [0.1, 0.15) is 26.1 Å². The van der Waals surface area contributed by atoms with Gasteiger partial charge in [0.05, 0.1) is 13.2 Å². The second-order valence-corrected chi connectivity index (χ2v) is 5.40. The summed E-state index contributed by atoms with van der Waals surface area (Å²) in [5.41, 5.74) is 4.25. The van der Waals surface area contributed by atoms with Crippen LogP contribution in [0.4, 0.5) is 0 Å². The number of aryl methyl sites for hydroxylation is 2. The molecule has 1 atom stereocenters. The zero-order chi connectivity index (χ0) is 15.5. The predicted octanol–water partition coefficient (Wildman–Crippen LogP) is -0.0616. The van der Waals surface area contributed by atoms with Gasteiger partial charge in [-0.1, -0.05) is 6.92 Å². The zero-order valence-electron chi connectivity index (χ0n) is 12.5. The summed E-state index contributed by atoms with van der Waals surface area (Å²) in [6.07, 6.45) is 4.82. The number of imidazole rings is 1. The molecular formula is C14H22N4O3. The van der Waals surface area contributed by atoms with Crippen LogP contribution in [-0.4, -0.2) is 51.6 Å². The van der Waals surface area contributed by atoms with Crippen LogP contribution in [0.25, 0.3) is 0 Å². The number of nitrogens with two attached hydrogens (primary N) is 1. The second kappa shape index (κ2) is 6.26. The first-order chi connectivity index (χ1) is 9.96. The van der Waals surface area contributed by atoms with E-state index in [-0.39, 0.29) is 12.5 Å². The standard InChI is InChI=1S/C14H22N4O3/c1-3-11-16-5-7-17(11)6-4-12(19)18-8-9-21-14(2,10-18)13(15)20/h5,7H,3-4,6,8-10H2,1-2H3,(H2,15,20)/t14-/m1/s1. The minimum atomic E-state index is -1.09. The first-order valence-electron chi connectivity index (χ1n) is 7.18. The third kappa shape index (κ3) is 3.41. The van der Waals surface area contributed by atoms with Gasteiger partial charge in [-0.2, -0.15) is 0 Å². The molecule has 0 spiro atoms. The van der Waals surface area contributed by atoms with Crippen molar-refractivity contribution in [1.82, 2.24) is 14.5 Å². The number of rotatable bonds is 5. The minimum Gasteiger partial charge on any atom is -0.367 e. The smallest absolute Gasteiger partial charge is 0.251 e. The van der Waals surface area contributed by atoms with Gasteiger partial charge < -0.3 is 19.9 Å². The van der Waals surface area contributed by atoms with Crippen molar-refractivity contribution < 1.29 is 14.3 Å². The number of primary amides is 1. The van der Waals surface area contributed by atoms with Crippen molar-refractivity contribution in [2.75, 3.05) is 19.7 Å². The SMILES string of the molecule is CCc1nccn1CCC(=O)N1CCO[C@@](C)(C(N)=O)C1. The van der Waals surface area contributed by atoms with Gasteiger partial charge in [0, 0.05) is 38.3 Å². The molecule has 21 heavy (non-hydrogen) atoms. The van der Waals surface area contributed by atoms with E-state index in [1.807, 2.05) is 17.7 Å². The maximum atomic E-state index is 12.3. The Morgan fingerprint density at radius 3 is 2.95 bits per heavy atom. The average molecular weight is 294 g/mol. The molecule has 116 valence electrons. The van der Waals surface area contributed by atoms with Crippen molar-refractivity contribution >= 4 is 11.8 Å². The summed E-state index contributed by atoms with van der Waals surface area (Å²) < 4.78 is 7.39. The van der Waals surface area contributed by atoms with Crippen LogP contribution in [-0.2, 0) is 27.3 Å². The molecule has 1 aliphatic heterocycles. The summed E-state index contributed by atoms with van der Waals surface area (Å²) in [6, 6.07) is 0. The maximum Gasteiger partial charge on any atom is 0.251 e. The monoisotopic (exact) mass is 294 g/mol.